The van der Waals surface area contributed by atoms with Crippen molar-refractivity contribution >= 4 is 11.9 Å². The molecule has 6 nitrogen and oxygen atoms in total. The molecule has 2 aromatic rings. The van der Waals surface area contributed by atoms with Crippen molar-refractivity contribution < 1.29 is 52.8 Å². The van der Waals surface area contributed by atoms with Gasteiger partial charge in [0.2, 0.25) is 0 Å². The molecule has 0 bridgehead atoms. The van der Waals surface area contributed by atoms with Crippen LogP contribution >= 0.6 is 0 Å². The standard InChI is InChI=1S/C38H62N2O4.2ClH/c1-29(2)33-21-19-31(5)35(25-33)43-37(41)27-39(7,8)23-17-15-13-11-12-14-16-18-24-40(9,10)28-38(42)44-36-26-34(30(3)4)22-20-32(36)6;;/h19-22,25-26,29-30H,11-18,23-24,27-28H2,1-10H3;2*1H/q+2;;/p-2. The van der Waals surface area contributed by atoms with E-state index in [1.54, 1.807) is 0 Å². The van der Waals surface area contributed by atoms with Crippen molar-refractivity contribution in [3.8, 4) is 11.5 Å². The van der Waals surface area contributed by atoms with Gasteiger partial charge in [-0.25, -0.2) is 9.59 Å². The van der Waals surface area contributed by atoms with Gasteiger partial charge >= 0.3 is 11.9 Å². The predicted molar refractivity (Wildman–Crippen MR) is 182 cm³/mol. The summed E-state index contributed by atoms with van der Waals surface area (Å²) in [6.45, 7) is 15.3. The minimum absolute atomic E-state index is 0. The Balaban J connectivity index is 0.0000101. The molecule has 2 rings (SSSR count). The maximum Gasteiger partial charge on any atom is 0.367 e. The molecule has 0 fully saturated rings. The van der Waals surface area contributed by atoms with Crippen molar-refractivity contribution in [3.05, 3.63) is 58.7 Å². The molecule has 2 aromatic carbocycles. The Morgan fingerprint density at radius 3 is 1.17 bits per heavy atom. The smallest absolute Gasteiger partial charge is 0.367 e. The number of hydrogen-bond donors (Lipinski definition) is 0. The molecule has 0 aliphatic carbocycles. The zero-order chi connectivity index (χ0) is 32.9. The number of rotatable bonds is 19. The number of hydrogen-bond acceptors (Lipinski definition) is 4. The minimum atomic E-state index is -0.163. The monoisotopic (exact) mass is 680 g/mol. The van der Waals surface area contributed by atoms with E-state index >= 15 is 0 Å². The average molecular weight is 682 g/mol. The normalized spacial score (nSPS) is 11.7. The topological polar surface area (TPSA) is 52.6 Å². The first kappa shape index (κ1) is 43.9. The van der Waals surface area contributed by atoms with Gasteiger partial charge in [0.05, 0.1) is 41.3 Å². The number of halogens is 2. The number of likely N-dealkylation sites (N-methyl/N-ethyl adjacent to an activating group) is 2. The second kappa shape index (κ2) is 21.0. The molecule has 0 atom stereocenters. The molecule has 0 saturated carbocycles. The highest BCUT2D eigenvalue weighted by Crippen LogP contribution is 2.26. The van der Waals surface area contributed by atoms with Crippen molar-refractivity contribution in [3.63, 3.8) is 0 Å². The molecule has 0 aliphatic heterocycles. The fourth-order valence-corrected chi connectivity index (χ4v) is 5.48. The second-order valence-electron chi connectivity index (χ2n) is 14.8. The van der Waals surface area contributed by atoms with Crippen LogP contribution in [0.2, 0.25) is 0 Å². The zero-order valence-electron chi connectivity index (χ0n) is 30.4. The first-order valence-corrected chi connectivity index (χ1v) is 16.8. The summed E-state index contributed by atoms with van der Waals surface area (Å²) < 4.78 is 12.8. The number of nitrogens with zero attached hydrogens (tertiary/aromatic N) is 2. The molecule has 0 radical (unpaired) electrons. The molecule has 46 heavy (non-hydrogen) atoms. The van der Waals surface area contributed by atoms with Crippen molar-refractivity contribution in [1.29, 1.82) is 0 Å². The molecule has 0 heterocycles. The van der Waals surface area contributed by atoms with E-state index < -0.39 is 0 Å². The lowest BCUT2D eigenvalue weighted by molar-refractivity contribution is -0.883. The fraction of sp³-hybridized carbons (Fsp3) is 0.632. The summed E-state index contributed by atoms with van der Waals surface area (Å²) in [4.78, 5) is 25.4. The van der Waals surface area contributed by atoms with Gasteiger partial charge < -0.3 is 43.3 Å². The number of ether oxygens (including phenoxy) is 2. The highest BCUT2D eigenvalue weighted by molar-refractivity contribution is 5.74. The SMILES string of the molecule is Cc1ccc(C(C)C)cc1OC(=O)C[N+](C)(C)CCCCCCCCCC[N+](C)(C)CC(=O)Oc1cc(C(C)C)ccc1C.[Cl-].[Cl-]. The molecule has 0 saturated heterocycles. The van der Waals surface area contributed by atoms with Crippen LogP contribution in [0.25, 0.3) is 0 Å². The van der Waals surface area contributed by atoms with Crippen LogP contribution in [0.4, 0.5) is 0 Å². The molecule has 0 N–H and O–H groups in total. The zero-order valence-corrected chi connectivity index (χ0v) is 31.9. The Hall–Kier alpha value is -2.12. The number of unbranched alkanes of at least 4 members (excludes halogenated alkanes) is 7. The first-order valence-electron chi connectivity index (χ1n) is 16.8. The van der Waals surface area contributed by atoms with Gasteiger partial charge in [0.1, 0.15) is 11.5 Å². The van der Waals surface area contributed by atoms with Crippen LogP contribution in [0.15, 0.2) is 36.4 Å². The van der Waals surface area contributed by atoms with Gasteiger partial charge in [-0.3, -0.25) is 0 Å². The van der Waals surface area contributed by atoms with Crippen molar-refractivity contribution in [2.45, 2.75) is 105 Å². The van der Waals surface area contributed by atoms with Crippen LogP contribution in [0.1, 0.15) is 113 Å². The summed E-state index contributed by atoms with van der Waals surface area (Å²) in [6, 6.07) is 12.3. The second-order valence-corrected chi connectivity index (χ2v) is 14.8. The highest BCUT2D eigenvalue weighted by Gasteiger charge is 2.23. The maximum atomic E-state index is 12.7. The summed E-state index contributed by atoms with van der Waals surface area (Å²) in [5, 5.41) is 0. The summed E-state index contributed by atoms with van der Waals surface area (Å²) in [7, 11) is 8.46. The van der Waals surface area contributed by atoms with E-state index in [1.165, 1.54) is 49.7 Å². The molecule has 262 valence electrons. The van der Waals surface area contributed by atoms with Gasteiger partial charge in [-0.1, -0.05) is 77.6 Å². The van der Waals surface area contributed by atoms with Crippen LogP contribution in [0.5, 0.6) is 11.5 Å². The Labute approximate surface area is 293 Å². The Bertz CT molecular complexity index is 1120. The van der Waals surface area contributed by atoms with Crippen LogP contribution < -0.4 is 34.3 Å². The van der Waals surface area contributed by atoms with Gasteiger partial charge in [0.25, 0.3) is 0 Å². The Morgan fingerprint density at radius 2 is 0.870 bits per heavy atom. The fourth-order valence-electron chi connectivity index (χ4n) is 5.48. The van der Waals surface area contributed by atoms with Crippen molar-refractivity contribution in [2.75, 3.05) is 54.4 Å². The minimum Gasteiger partial charge on any atom is -1.00 e. The summed E-state index contributed by atoms with van der Waals surface area (Å²) in [6.07, 6.45) is 9.58. The number of esters is 2. The maximum absolute atomic E-state index is 12.7. The Morgan fingerprint density at radius 1 is 0.565 bits per heavy atom. The quantitative estimate of drug-likeness (QED) is 0.0990. The summed E-state index contributed by atoms with van der Waals surface area (Å²) in [5.74, 6) is 1.85. The van der Waals surface area contributed by atoms with E-state index in [4.69, 9.17) is 9.47 Å². The Kier molecular flexibility index (Phi) is 20.0. The number of aryl methyl sites for hydroxylation is 2. The molecule has 0 spiro atoms. The molecular weight excluding hydrogens is 619 g/mol. The molecule has 0 aliphatic rings. The van der Waals surface area contributed by atoms with E-state index in [9.17, 15) is 9.59 Å². The summed E-state index contributed by atoms with van der Waals surface area (Å²) >= 11 is 0. The number of carbonyl (C=O) groups is 2. The number of quaternary nitrogens is 2. The number of carbonyl (C=O) groups excluding carboxylic acids is 2. The van der Waals surface area contributed by atoms with Crippen LogP contribution in [-0.4, -0.2) is 75.3 Å². The van der Waals surface area contributed by atoms with Crippen molar-refractivity contribution in [2.24, 2.45) is 0 Å². The lowest BCUT2D eigenvalue weighted by Crippen LogP contribution is -3.00. The third-order valence-electron chi connectivity index (χ3n) is 8.60. The van der Waals surface area contributed by atoms with Crippen LogP contribution in [0, 0.1) is 13.8 Å². The molecule has 8 heteroatoms. The van der Waals surface area contributed by atoms with E-state index in [0.717, 1.165) is 37.1 Å². The van der Waals surface area contributed by atoms with E-state index in [0.29, 0.717) is 45.4 Å². The lowest BCUT2D eigenvalue weighted by atomic mass is 10.0. The van der Waals surface area contributed by atoms with E-state index in [1.807, 2.05) is 38.1 Å². The van der Waals surface area contributed by atoms with Crippen molar-refractivity contribution in [1.82, 2.24) is 0 Å². The first-order chi connectivity index (χ1) is 20.6. The predicted octanol–water partition coefficient (Wildman–Crippen LogP) is 2.34. The highest BCUT2D eigenvalue weighted by atomic mass is 35.5. The lowest BCUT2D eigenvalue weighted by Gasteiger charge is -2.28. The molecular formula is C38H62Cl2N2O4. The largest absolute Gasteiger partial charge is 1.00 e. The van der Waals surface area contributed by atoms with E-state index in [2.05, 4.69) is 68.0 Å². The summed E-state index contributed by atoms with van der Waals surface area (Å²) in [5.41, 5.74) is 4.36. The third-order valence-corrected chi connectivity index (χ3v) is 8.60. The third kappa shape index (κ3) is 16.6. The van der Waals surface area contributed by atoms with Crippen LogP contribution in [0.3, 0.4) is 0 Å². The van der Waals surface area contributed by atoms with Gasteiger partial charge in [-0.2, -0.15) is 0 Å². The van der Waals surface area contributed by atoms with E-state index in [-0.39, 0.29) is 36.8 Å². The van der Waals surface area contributed by atoms with Gasteiger partial charge in [0, 0.05) is 0 Å². The average Bonchev–Trinajstić information content (AvgIpc) is 2.91. The number of benzene rings is 2. The molecule has 0 amide bonds. The molecule has 0 aromatic heterocycles. The van der Waals surface area contributed by atoms with Crippen LogP contribution in [-0.2, 0) is 9.59 Å². The van der Waals surface area contributed by atoms with Gasteiger partial charge in [-0.05, 0) is 85.8 Å². The van der Waals surface area contributed by atoms with Gasteiger partial charge in [-0.15, -0.1) is 0 Å². The molecule has 0 unspecified atom stereocenters. The van der Waals surface area contributed by atoms with Gasteiger partial charge in [0.15, 0.2) is 13.1 Å².